The van der Waals surface area contributed by atoms with Crippen molar-refractivity contribution in [3.05, 3.63) is 34.6 Å². The van der Waals surface area contributed by atoms with Gasteiger partial charge in [-0.1, -0.05) is 17.7 Å². The van der Waals surface area contributed by atoms with Gasteiger partial charge in [0.2, 0.25) is 0 Å². The number of hydrogen-bond acceptors (Lipinski definition) is 2. The zero-order valence-corrected chi connectivity index (χ0v) is 8.88. The molecule has 1 atom stereocenters. The van der Waals surface area contributed by atoms with Crippen LogP contribution in [-0.2, 0) is 11.3 Å². The third-order valence-corrected chi connectivity index (χ3v) is 2.37. The molecule has 0 aromatic heterocycles. The molecule has 0 aliphatic heterocycles. The van der Waals surface area contributed by atoms with Crippen molar-refractivity contribution < 1.29 is 14.3 Å². The van der Waals surface area contributed by atoms with E-state index < -0.39 is 17.8 Å². The van der Waals surface area contributed by atoms with E-state index in [2.05, 4.69) is 5.32 Å². The Hall–Kier alpha value is -1.13. The van der Waals surface area contributed by atoms with Gasteiger partial charge in [0.1, 0.15) is 11.9 Å². The van der Waals surface area contributed by atoms with Crippen molar-refractivity contribution >= 4 is 17.6 Å². The van der Waals surface area contributed by atoms with Crippen molar-refractivity contribution in [1.82, 2.24) is 5.32 Å². The van der Waals surface area contributed by atoms with Crippen LogP contribution in [0.3, 0.4) is 0 Å². The Bertz CT molecular complexity index is 350. The first-order chi connectivity index (χ1) is 7.02. The predicted molar refractivity (Wildman–Crippen MR) is 55.3 cm³/mol. The van der Waals surface area contributed by atoms with E-state index in [1.807, 2.05) is 0 Å². The fourth-order valence-electron chi connectivity index (χ4n) is 1.04. The third-order valence-electron chi connectivity index (χ3n) is 2.02. The first kappa shape index (κ1) is 11.9. The Morgan fingerprint density at radius 3 is 2.87 bits per heavy atom. The molecule has 0 fully saturated rings. The van der Waals surface area contributed by atoms with E-state index in [-0.39, 0.29) is 12.1 Å². The van der Waals surface area contributed by atoms with Crippen LogP contribution in [0.25, 0.3) is 0 Å². The molecule has 0 amide bonds. The molecule has 15 heavy (non-hydrogen) atoms. The number of benzene rings is 1. The van der Waals surface area contributed by atoms with Gasteiger partial charge < -0.3 is 10.4 Å². The Kier molecular flexibility index (Phi) is 4.05. The maximum atomic E-state index is 13.2. The molecule has 0 heterocycles. The van der Waals surface area contributed by atoms with Crippen LogP contribution in [0.15, 0.2) is 18.2 Å². The van der Waals surface area contributed by atoms with Crippen LogP contribution in [-0.4, -0.2) is 17.1 Å². The molecule has 5 heteroatoms. The fourth-order valence-corrected chi connectivity index (χ4v) is 1.27. The Labute approximate surface area is 91.9 Å². The molecule has 82 valence electrons. The lowest BCUT2D eigenvalue weighted by molar-refractivity contribution is -0.139. The largest absolute Gasteiger partial charge is 0.480 e. The second-order valence-corrected chi connectivity index (χ2v) is 3.55. The molecule has 0 saturated carbocycles. The van der Waals surface area contributed by atoms with Gasteiger partial charge in [0.25, 0.3) is 0 Å². The van der Waals surface area contributed by atoms with Gasteiger partial charge in [0.15, 0.2) is 0 Å². The lowest BCUT2D eigenvalue weighted by Gasteiger charge is -2.10. The van der Waals surface area contributed by atoms with E-state index in [4.69, 9.17) is 16.7 Å². The van der Waals surface area contributed by atoms with Gasteiger partial charge in [-0.3, -0.25) is 4.79 Å². The summed E-state index contributed by atoms with van der Waals surface area (Å²) in [5.74, 6) is -1.42. The number of halogens is 2. The minimum atomic E-state index is -0.984. The predicted octanol–water partition coefficient (Wildman–Crippen LogP) is 2.04. The molecule has 1 aromatic rings. The molecular weight excluding hydrogens is 221 g/mol. The summed E-state index contributed by atoms with van der Waals surface area (Å²) in [6.45, 7) is 1.58. The van der Waals surface area contributed by atoms with Gasteiger partial charge in [-0.25, -0.2) is 4.39 Å². The minimum absolute atomic E-state index is 0.0962. The number of carbonyl (C=O) groups is 1. The highest BCUT2D eigenvalue weighted by molar-refractivity contribution is 6.31. The van der Waals surface area contributed by atoms with Gasteiger partial charge in [-0.2, -0.15) is 0 Å². The normalized spacial score (nSPS) is 12.5. The van der Waals surface area contributed by atoms with Crippen molar-refractivity contribution in [2.45, 2.75) is 19.5 Å². The summed E-state index contributed by atoms with van der Waals surface area (Å²) in [4.78, 5) is 10.5. The summed E-state index contributed by atoms with van der Waals surface area (Å²) in [5.41, 5.74) is 0.285. The number of carboxylic acids is 1. The first-order valence-electron chi connectivity index (χ1n) is 4.41. The van der Waals surface area contributed by atoms with Crippen molar-refractivity contribution in [3.63, 3.8) is 0 Å². The average molecular weight is 232 g/mol. The lowest BCUT2D eigenvalue weighted by Crippen LogP contribution is -2.33. The van der Waals surface area contributed by atoms with Crippen molar-refractivity contribution in [2.24, 2.45) is 0 Å². The van der Waals surface area contributed by atoms with Crippen LogP contribution < -0.4 is 5.32 Å². The van der Waals surface area contributed by atoms with E-state index in [1.165, 1.54) is 19.1 Å². The zero-order valence-electron chi connectivity index (χ0n) is 8.13. The summed E-state index contributed by atoms with van der Waals surface area (Å²) >= 11 is 5.77. The highest BCUT2D eigenvalue weighted by atomic mass is 35.5. The molecule has 3 nitrogen and oxygen atoms in total. The maximum Gasteiger partial charge on any atom is 0.320 e. The van der Waals surface area contributed by atoms with E-state index in [1.54, 1.807) is 6.07 Å². The van der Waals surface area contributed by atoms with Crippen LogP contribution in [0.2, 0.25) is 5.02 Å². The van der Waals surface area contributed by atoms with E-state index in [0.29, 0.717) is 5.02 Å². The molecule has 0 bridgehead atoms. The van der Waals surface area contributed by atoms with E-state index >= 15 is 0 Å². The van der Waals surface area contributed by atoms with Gasteiger partial charge in [-0.05, 0) is 19.1 Å². The summed E-state index contributed by atoms with van der Waals surface area (Å²) in [6, 6.07) is 3.61. The Morgan fingerprint density at radius 2 is 2.33 bits per heavy atom. The quantitative estimate of drug-likeness (QED) is 0.834. The molecule has 0 aliphatic carbocycles. The highest BCUT2D eigenvalue weighted by Gasteiger charge is 2.12. The molecule has 1 aromatic carbocycles. The van der Waals surface area contributed by atoms with Crippen LogP contribution in [0.5, 0.6) is 0 Å². The summed E-state index contributed by atoms with van der Waals surface area (Å²) < 4.78 is 13.2. The summed E-state index contributed by atoms with van der Waals surface area (Å²) in [6.07, 6.45) is 0. The average Bonchev–Trinajstić information content (AvgIpc) is 2.16. The second-order valence-electron chi connectivity index (χ2n) is 3.14. The molecule has 0 aliphatic rings. The fraction of sp³-hybridized carbons (Fsp3) is 0.300. The second kappa shape index (κ2) is 5.09. The third kappa shape index (κ3) is 3.18. The smallest absolute Gasteiger partial charge is 0.320 e. The molecular formula is C10H11ClFNO2. The highest BCUT2D eigenvalue weighted by Crippen LogP contribution is 2.18. The Morgan fingerprint density at radius 1 is 1.67 bits per heavy atom. The van der Waals surface area contributed by atoms with Crippen molar-refractivity contribution in [3.8, 4) is 0 Å². The Balaban J connectivity index is 2.69. The van der Waals surface area contributed by atoms with Crippen molar-refractivity contribution in [2.75, 3.05) is 0 Å². The number of aliphatic carboxylic acids is 1. The van der Waals surface area contributed by atoms with Gasteiger partial charge in [-0.15, -0.1) is 0 Å². The number of rotatable bonds is 4. The number of carboxylic acid groups (broad SMARTS) is 1. The zero-order chi connectivity index (χ0) is 11.4. The van der Waals surface area contributed by atoms with Crippen LogP contribution in [0.1, 0.15) is 12.5 Å². The van der Waals surface area contributed by atoms with Gasteiger partial charge in [0.05, 0.1) is 0 Å². The first-order valence-corrected chi connectivity index (χ1v) is 4.79. The monoisotopic (exact) mass is 231 g/mol. The minimum Gasteiger partial charge on any atom is -0.480 e. The standard InChI is InChI=1S/C10H11ClFNO2/c1-6(10(14)15)13-5-7-8(11)3-2-4-9(7)12/h2-4,6,13H,5H2,1H3,(H,14,15)/t6-/m0/s1. The molecule has 0 saturated heterocycles. The molecule has 0 unspecified atom stereocenters. The van der Waals surface area contributed by atoms with Gasteiger partial charge >= 0.3 is 5.97 Å². The summed E-state index contributed by atoms with van der Waals surface area (Å²) in [5, 5.41) is 11.6. The van der Waals surface area contributed by atoms with Crippen LogP contribution in [0, 0.1) is 5.82 Å². The molecule has 1 rings (SSSR count). The lowest BCUT2D eigenvalue weighted by atomic mass is 10.2. The number of nitrogens with one attached hydrogen (secondary N) is 1. The summed E-state index contributed by atoms with van der Waals surface area (Å²) in [7, 11) is 0. The molecule has 2 N–H and O–H groups in total. The van der Waals surface area contributed by atoms with Crippen LogP contribution >= 0.6 is 11.6 Å². The van der Waals surface area contributed by atoms with E-state index in [0.717, 1.165) is 0 Å². The number of hydrogen-bond donors (Lipinski definition) is 2. The van der Waals surface area contributed by atoms with Crippen LogP contribution in [0.4, 0.5) is 4.39 Å². The SMILES string of the molecule is C[C@H](NCc1c(F)cccc1Cl)C(=O)O. The molecule has 0 spiro atoms. The van der Waals surface area contributed by atoms with Gasteiger partial charge in [0, 0.05) is 17.1 Å². The van der Waals surface area contributed by atoms with E-state index in [9.17, 15) is 9.18 Å². The topological polar surface area (TPSA) is 49.3 Å². The van der Waals surface area contributed by atoms with Crippen molar-refractivity contribution in [1.29, 1.82) is 0 Å². The maximum absolute atomic E-state index is 13.2. The molecule has 0 radical (unpaired) electrons.